The van der Waals surface area contributed by atoms with E-state index in [4.69, 9.17) is 9.40 Å². The van der Waals surface area contributed by atoms with Crippen LogP contribution in [0.25, 0.3) is 55.1 Å². The Hall–Kier alpha value is -4.44. The van der Waals surface area contributed by atoms with E-state index in [1.54, 1.807) is 6.07 Å². The molecule has 5 aromatic carbocycles. The molecule has 2 aromatic heterocycles. The summed E-state index contributed by atoms with van der Waals surface area (Å²) in [7, 11) is 0. The van der Waals surface area contributed by atoms with Gasteiger partial charge in [0.05, 0.1) is 16.6 Å². The third kappa shape index (κ3) is 2.92. The fourth-order valence-electron chi connectivity index (χ4n) is 4.89. The molecule has 0 saturated carbocycles. The van der Waals surface area contributed by atoms with Crippen molar-refractivity contribution < 1.29 is 8.81 Å². The highest BCUT2D eigenvalue weighted by molar-refractivity contribution is 6.09. The average Bonchev–Trinajstić information content (AvgIpc) is 3.40. The molecule has 0 amide bonds. The molecule has 0 aliphatic heterocycles. The zero-order valence-corrected chi connectivity index (χ0v) is 18.2. The van der Waals surface area contributed by atoms with Crippen LogP contribution in [-0.4, -0.2) is 9.55 Å². The number of fused-ring (bicyclic) bond motifs is 5. The Labute approximate surface area is 194 Å². The zero-order valence-electron chi connectivity index (χ0n) is 18.2. The number of furan rings is 1. The highest BCUT2D eigenvalue weighted by atomic mass is 19.1. The lowest BCUT2D eigenvalue weighted by Crippen LogP contribution is -2.02. The van der Waals surface area contributed by atoms with Gasteiger partial charge in [-0.1, -0.05) is 66.7 Å². The molecule has 0 bridgehead atoms. The van der Waals surface area contributed by atoms with E-state index in [2.05, 4.69) is 59.2 Å². The van der Waals surface area contributed by atoms with Gasteiger partial charge < -0.3 is 8.98 Å². The predicted octanol–water partition coefficient (Wildman–Crippen LogP) is 7.94. The topological polar surface area (TPSA) is 31.0 Å². The minimum Gasteiger partial charge on any atom is -0.455 e. The van der Waals surface area contributed by atoms with Crippen LogP contribution in [0.2, 0.25) is 0 Å². The van der Waals surface area contributed by atoms with E-state index >= 15 is 0 Å². The van der Waals surface area contributed by atoms with Crippen molar-refractivity contribution >= 4 is 43.7 Å². The highest BCUT2D eigenvalue weighted by Gasteiger charge is 2.19. The lowest BCUT2D eigenvalue weighted by atomic mass is 10.1. The van der Waals surface area contributed by atoms with Gasteiger partial charge in [-0.25, -0.2) is 9.37 Å². The molecule has 0 fully saturated rings. The van der Waals surface area contributed by atoms with Gasteiger partial charge in [-0.3, -0.25) is 0 Å². The van der Waals surface area contributed by atoms with E-state index < -0.39 is 0 Å². The molecule has 0 N–H and O–H groups in total. The molecule has 7 aromatic rings. The van der Waals surface area contributed by atoms with Gasteiger partial charge in [-0.15, -0.1) is 0 Å². The Balaban J connectivity index is 1.55. The Bertz CT molecular complexity index is 1850. The first-order chi connectivity index (χ1) is 16.7. The summed E-state index contributed by atoms with van der Waals surface area (Å²) < 4.78 is 22.3. The summed E-state index contributed by atoms with van der Waals surface area (Å²) in [5, 5.41) is 4.18. The molecule has 0 unspecified atom stereocenters. The van der Waals surface area contributed by atoms with Crippen molar-refractivity contribution in [2.75, 3.05) is 0 Å². The van der Waals surface area contributed by atoms with Gasteiger partial charge in [0.1, 0.15) is 22.8 Å². The normalized spacial score (nSPS) is 11.8. The maximum absolute atomic E-state index is 13.9. The summed E-state index contributed by atoms with van der Waals surface area (Å²) in [5.41, 5.74) is 5.34. The average molecular weight is 442 g/mol. The number of para-hydroxylation sites is 1. The summed E-state index contributed by atoms with van der Waals surface area (Å²) in [6.45, 7) is 0.677. The first-order valence-electron chi connectivity index (χ1n) is 11.3. The Morgan fingerprint density at radius 1 is 0.735 bits per heavy atom. The summed E-state index contributed by atoms with van der Waals surface area (Å²) in [4.78, 5) is 5.10. The molecule has 0 saturated heterocycles. The molecule has 0 spiro atoms. The third-order valence-corrected chi connectivity index (χ3v) is 6.50. The van der Waals surface area contributed by atoms with Crippen LogP contribution < -0.4 is 0 Å². The van der Waals surface area contributed by atoms with Crippen LogP contribution in [0.4, 0.5) is 4.39 Å². The van der Waals surface area contributed by atoms with Crippen molar-refractivity contribution in [1.82, 2.24) is 9.55 Å². The van der Waals surface area contributed by atoms with Crippen LogP contribution in [0.5, 0.6) is 0 Å². The monoisotopic (exact) mass is 442 g/mol. The molecule has 7 rings (SSSR count). The molecule has 0 radical (unpaired) electrons. The number of halogens is 1. The number of hydrogen-bond acceptors (Lipinski definition) is 2. The van der Waals surface area contributed by atoms with Crippen molar-refractivity contribution in [1.29, 1.82) is 0 Å². The number of nitrogens with zero attached hydrogens (tertiary/aromatic N) is 2. The van der Waals surface area contributed by atoms with Crippen LogP contribution in [0.3, 0.4) is 0 Å². The van der Waals surface area contributed by atoms with Crippen LogP contribution in [-0.2, 0) is 6.54 Å². The maximum atomic E-state index is 13.9. The predicted molar refractivity (Wildman–Crippen MR) is 135 cm³/mol. The molecule has 0 aliphatic carbocycles. The summed E-state index contributed by atoms with van der Waals surface area (Å²) in [6, 6.07) is 33.8. The van der Waals surface area contributed by atoms with Crippen molar-refractivity contribution in [2.24, 2.45) is 0 Å². The molecule has 0 aliphatic rings. The lowest BCUT2D eigenvalue weighted by molar-refractivity contribution is 0.618. The van der Waals surface area contributed by atoms with Crippen LogP contribution in [0.15, 0.2) is 108 Å². The molecule has 34 heavy (non-hydrogen) atoms. The molecular weight excluding hydrogens is 423 g/mol. The Morgan fingerprint density at radius 3 is 2.38 bits per heavy atom. The maximum Gasteiger partial charge on any atom is 0.146 e. The first-order valence-corrected chi connectivity index (χ1v) is 11.3. The van der Waals surface area contributed by atoms with E-state index in [-0.39, 0.29) is 5.82 Å². The molecule has 162 valence electrons. The van der Waals surface area contributed by atoms with Gasteiger partial charge in [-0.2, -0.15) is 0 Å². The highest BCUT2D eigenvalue weighted by Crippen LogP contribution is 2.37. The van der Waals surface area contributed by atoms with E-state index in [0.29, 0.717) is 12.1 Å². The second-order valence-corrected chi connectivity index (χ2v) is 8.62. The van der Waals surface area contributed by atoms with Gasteiger partial charge >= 0.3 is 0 Å². The van der Waals surface area contributed by atoms with Gasteiger partial charge in [0.25, 0.3) is 0 Å². The third-order valence-electron chi connectivity index (χ3n) is 6.50. The second-order valence-electron chi connectivity index (χ2n) is 8.62. The van der Waals surface area contributed by atoms with Crippen molar-refractivity contribution in [3.05, 3.63) is 115 Å². The van der Waals surface area contributed by atoms with E-state index in [1.165, 1.54) is 23.1 Å². The quantitative estimate of drug-likeness (QED) is 0.278. The Kier molecular flexibility index (Phi) is 4.09. The van der Waals surface area contributed by atoms with E-state index in [9.17, 15) is 4.39 Å². The molecule has 2 heterocycles. The smallest absolute Gasteiger partial charge is 0.146 e. The van der Waals surface area contributed by atoms with Gasteiger partial charge in [0.2, 0.25) is 0 Å². The molecule has 0 atom stereocenters. The van der Waals surface area contributed by atoms with Crippen LogP contribution in [0.1, 0.15) is 5.56 Å². The van der Waals surface area contributed by atoms with E-state index in [1.807, 2.05) is 30.3 Å². The second kappa shape index (κ2) is 7.29. The zero-order chi connectivity index (χ0) is 22.6. The number of aromatic nitrogens is 2. The number of hydrogen-bond donors (Lipinski definition) is 0. The lowest BCUT2D eigenvalue weighted by Gasteiger charge is -2.10. The summed E-state index contributed by atoms with van der Waals surface area (Å²) >= 11 is 0. The van der Waals surface area contributed by atoms with Gasteiger partial charge in [-0.05, 0) is 46.7 Å². The first kappa shape index (κ1) is 19.1. The number of benzene rings is 5. The molecule has 3 nitrogen and oxygen atoms in total. The standard InChI is InChI=1S/C30H19FN2O/c31-22-13-14-23-24-11-6-12-25(29(24)34-28(23)17-22)30-32-26-15-20-9-4-5-10-21(20)16-27(26)33(30)18-19-7-2-1-3-8-19/h1-17H,18H2. The molecule has 4 heteroatoms. The minimum absolute atomic E-state index is 0.309. The largest absolute Gasteiger partial charge is 0.455 e. The fourth-order valence-corrected chi connectivity index (χ4v) is 4.89. The SMILES string of the molecule is Fc1ccc2c(c1)oc1c(-c3nc4cc5ccccc5cc4n3Cc3ccccc3)cccc12. The minimum atomic E-state index is -0.309. The van der Waals surface area contributed by atoms with Crippen molar-refractivity contribution in [3.8, 4) is 11.4 Å². The van der Waals surface area contributed by atoms with Crippen molar-refractivity contribution in [3.63, 3.8) is 0 Å². The summed E-state index contributed by atoms with van der Waals surface area (Å²) in [5.74, 6) is 0.524. The summed E-state index contributed by atoms with van der Waals surface area (Å²) in [6.07, 6.45) is 0. The van der Waals surface area contributed by atoms with Crippen LogP contribution in [0, 0.1) is 5.82 Å². The van der Waals surface area contributed by atoms with Gasteiger partial charge in [0, 0.05) is 23.4 Å². The van der Waals surface area contributed by atoms with E-state index in [0.717, 1.165) is 44.2 Å². The van der Waals surface area contributed by atoms with Gasteiger partial charge in [0.15, 0.2) is 0 Å². The number of rotatable bonds is 3. The Morgan fingerprint density at radius 2 is 1.53 bits per heavy atom. The fraction of sp³-hybridized carbons (Fsp3) is 0.0333. The van der Waals surface area contributed by atoms with Crippen LogP contribution >= 0.6 is 0 Å². The number of imidazole rings is 1. The van der Waals surface area contributed by atoms with Crippen molar-refractivity contribution in [2.45, 2.75) is 6.54 Å². The molecular formula is C30H19FN2O.